The monoisotopic (exact) mass is 355 g/mol. The van der Waals surface area contributed by atoms with Crippen LogP contribution in [0.25, 0.3) is 0 Å². The van der Waals surface area contributed by atoms with Gasteiger partial charge in [-0.15, -0.1) is 0 Å². The third-order valence-electron chi connectivity index (χ3n) is 6.86. The van der Waals surface area contributed by atoms with Gasteiger partial charge in [-0.25, -0.2) is 0 Å². The summed E-state index contributed by atoms with van der Waals surface area (Å²) in [6, 6.07) is 6.04. The van der Waals surface area contributed by atoms with E-state index < -0.39 is 0 Å². The van der Waals surface area contributed by atoms with Crippen LogP contribution in [0.3, 0.4) is 0 Å². The maximum atomic E-state index is 13.2. The van der Waals surface area contributed by atoms with Crippen molar-refractivity contribution in [3.05, 3.63) is 24.2 Å². The minimum Gasteiger partial charge on any atom is -0.468 e. The standard InChI is InChI=1S/C21H29N3O2/c1-15(19-4-2-7-26-19)23-14-20(25)24(6-3-5-22)21-11-16-8-17(12-21)10-18(9-16)13-21/h2,4,7,15-18,23H,3,6,8-14H2,1H3/t15-,16?,17?,18?,21?/m0/s1. The average Bonchev–Trinajstić information content (AvgIpc) is 3.13. The van der Waals surface area contributed by atoms with Crippen molar-refractivity contribution in [1.29, 1.82) is 5.26 Å². The van der Waals surface area contributed by atoms with Crippen molar-refractivity contribution in [3.63, 3.8) is 0 Å². The number of nitrogens with zero attached hydrogens (tertiary/aromatic N) is 2. The molecule has 140 valence electrons. The fraction of sp³-hybridized carbons (Fsp3) is 0.714. The summed E-state index contributed by atoms with van der Waals surface area (Å²) in [6.07, 6.45) is 9.57. The van der Waals surface area contributed by atoms with Gasteiger partial charge >= 0.3 is 0 Å². The smallest absolute Gasteiger partial charge is 0.237 e. The molecule has 0 radical (unpaired) electrons. The molecule has 1 atom stereocenters. The minimum atomic E-state index is 0.00290. The lowest BCUT2D eigenvalue weighted by molar-refractivity contribution is -0.149. The lowest BCUT2D eigenvalue weighted by Gasteiger charge is -2.60. The minimum absolute atomic E-state index is 0.00290. The van der Waals surface area contributed by atoms with E-state index in [1.54, 1.807) is 6.26 Å². The maximum absolute atomic E-state index is 13.2. The predicted octanol–water partition coefficient (Wildman–Crippen LogP) is 3.64. The van der Waals surface area contributed by atoms with E-state index in [4.69, 9.17) is 9.68 Å². The van der Waals surface area contributed by atoms with Crippen LogP contribution in [0.5, 0.6) is 0 Å². The number of hydrogen-bond donors (Lipinski definition) is 1. The van der Waals surface area contributed by atoms with E-state index >= 15 is 0 Å². The first-order valence-corrected chi connectivity index (χ1v) is 10.0. The van der Waals surface area contributed by atoms with Crippen LogP contribution in [0.15, 0.2) is 22.8 Å². The number of nitriles is 1. The lowest BCUT2D eigenvalue weighted by Crippen LogP contribution is -2.62. The van der Waals surface area contributed by atoms with Crippen molar-refractivity contribution in [2.24, 2.45) is 17.8 Å². The highest BCUT2D eigenvalue weighted by Crippen LogP contribution is 2.57. The van der Waals surface area contributed by atoms with Crippen molar-refractivity contribution in [1.82, 2.24) is 10.2 Å². The zero-order chi connectivity index (χ0) is 18.1. The van der Waals surface area contributed by atoms with Crippen molar-refractivity contribution in [2.75, 3.05) is 13.1 Å². The predicted molar refractivity (Wildman–Crippen MR) is 98.0 cm³/mol. The first-order valence-electron chi connectivity index (χ1n) is 10.0. The molecule has 0 saturated heterocycles. The molecule has 4 saturated carbocycles. The highest BCUT2D eigenvalue weighted by Gasteiger charge is 2.54. The number of hydrogen-bond acceptors (Lipinski definition) is 4. The van der Waals surface area contributed by atoms with Crippen molar-refractivity contribution in [3.8, 4) is 6.07 Å². The van der Waals surface area contributed by atoms with Crippen LogP contribution >= 0.6 is 0 Å². The van der Waals surface area contributed by atoms with E-state index in [9.17, 15) is 4.79 Å². The number of amides is 1. The van der Waals surface area contributed by atoms with E-state index in [1.807, 2.05) is 19.1 Å². The molecule has 4 fully saturated rings. The summed E-state index contributed by atoms with van der Waals surface area (Å²) in [6.45, 7) is 2.88. The van der Waals surface area contributed by atoms with E-state index in [1.165, 1.54) is 19.3 Å². The molecule has 5 rings (SSSR count). The van der Waals surface area contributed by atoms with E-state index in [0.717, 1.165) is 42.8 Å². The number of furan rings is 1. The van der Waals surface area contributed by atoms with Crippen LogP contribution in [-0.4, -0.2) is 29.4 Å². The molecular formula is C21H29N3O2. The van der Waals surface area contributed by atoms with Gasteiger partial charge in [0.2, 0.25) is 5.91 Å². The molecule has 4 aliphatic carbocycles. The fourth-order valence-corrected chi connectivity index (χ4v) is 6.16. The Hall–Kier alpha value is -1.80. The second-order valence-electron chi connectivity index (χ2n) is 8.71. The molecule has 5 heteroatoms. The van der Waals surface area contributed by atoms with E-state index in [0.29, 0.717) is 19.5 Å². The van der Waals surface area contributed by atoms with Gasteiger partial charge < -0.3 is 9.32 Å². The van der Waals surface area contributed by atoms with Gasteiger partial charge in [-0.1, -0.05) is 0 Å². The van der Waals surface area contributed by atoms with Crippen molar-refractivity contribution < 1.29 is 9.21 Å². The van der Waals surface area contributed by atoms with Crippen LogP contribution in [0.2, 0.25) is 0 Å². The van der Waals surface area contributed by atoms with Crippen LogP contribution < -0.4 is 5.32 Å². The van der Waals surface area contributed by atoms with Gasteiger partial charge in [0.15, 0.2) is 0 Å². The Morgan fingerprint density at radius 3 is 2.54 bits per heavy atom. The summed E-state index contributed by atoms with van der Waals surface area (Å²) in [5, 5.41) is 12.4. The average molecular weight is 355 g/mol. The largest absolute Gasteiger partial charge is 0.468 e. The Kier molecular flexibility index (Phi) is 4.79. The van der Waals surface area contributed by atoms with Gasteiger partial charge in [-0.2, -0.15) is 5.26 Å². The lowest BCUT2D eigenvalue weighted by atomic mass is 9.52. The summed E-state index contributed by atoms with van der Waals surface area (Å²) in [7, 11) is 0. The van der Waals surface area contributed by atoms with Gasteiger partial charge in [0, 0.05) is 12.1 Å². The number of carbonyl (C=O) groups excluding carboxylic acids is 1. The number of nitrogens with one attached hydrogen (secondary N) is 1. The Morgan fingerprint density at radius 2 is 2.00 bits per heavy atom. The molecule has 1 aromatic heterocycles. The van der Waals surface area contributed by atoms with Crippen LogP contribution in [-0.2, 0) is 4.79 Å². The first kappa shape index (κ1) is 17.6. The zero-order valence-corrected chi connectivity index (χ0v) is 15.6. The molecule has 1 amide bonds. The van der Waals surface area contributed by atoms with Crippen LogP contribution in [0, 0.1) is 29.1 Å². The first-order chi connectivity index (χ1) is 12.6. The maximum Gasteiger partial charge on any atom is 0.237 e. The van der Waals surface area contributed by atoms with Gasteiger partial charge in [-0.3, -0.25) is 10.1 Å². The van der Waals surface area contributed by atoms with Gasteiger partial charge in [0.1, 0.15) is 5.76 Å². The summed E-state index contributed by atoms with van der Waals surface area (Å²) in [5.74, 6) is 3.34. The highest BCUT2D eigenvalue weighted by molar-refractivity contribution is 5.79. The van der Waals surface area contributed by atoms with E-state index in [-0.39, 0.29) is 17.5 Å². The molecule has 0 spiro atoms. The summed E-state index contributed by atoms with van der Waals surface area (Å²) < 4.78 is 5.42. The SMILES string of the molecule is C[C@H](NCC(=O)N(CCC#N)C12CC3CC(CC(C3)C1)C2)c1ccco1. The Labute approximate surface area is 155 Å². The normalized spacial score (nSPS) is 33.0. The number of rotatable bonds is 7. The van der Waals surface area contributed by atoms with Crippen LogP contribution in [0.1, 0.15) is 63.7 Å². The van der Waals surface area contributed by atoms with Crippen LogP contribution in [0.4, 0.5) is 0 Å². The molecule has 0 aromatic carbocycles. The summed E-state index contributed by atoms with van der Waals surface area (Å²) >= 11 is 0. The van der Waals surface area contributed by atoms with Gasteiger partial charge in [0.05, 0.1) is 31.3 Å². The quantitative estimate of drug-likeness (QED) is 0.811. The molecule has 0 aliphatic heterocycles. The topological polar surface area (TPSA) is 69.3 Å². The molecular weight excluding hydrogens is 326 g/mol. The fourth-order valence-electron chi connectivity index (χ4n) is 6.16. The summed E-state index contributed by atoms with van der Waals surface area (Å²) in [5.41, 5.74) is 0.0122. The molecule has 4 aliphatic rings. The van der Waals surface area contributed by atoms with E-state index in [2.05, 4.69) is 16.3 Å². The van der Waals surface area contributed by atoms with Gasteiger partial charge in [-0.05, 0) is 75.3 Å². The third-order valence-corrected chi connectivity index (χ3v) is 6.86. The Bertz CT molecular complexity index is 641. The number of carbonyl (C=O) groups is 1. The van der Waals surface area contributed by atoms with Crippen molar-refractivity contribution >= 4 is 5.91 Å². The third kappa shape index (κ3) is 3.27. The molecule has 5 nitrogen and oxygen atoms in total. The summed E-state index contributed by atoms with van der Waals surface area (Å²) in [4.78, 5) is 15.2. The Morgan fingerprint density at radius 1 is 1.35 bits per heavy atom. The Balaban J connectivity index is 1.46. The second kappa shape index (κ2) is 7.08. The van der Waals surface area contributed by atoms with Crippen molar-refractivity contribution in [2.45, 2.75) is 63.5 Å². The zero-order valence-electron chi connectivity index (χ0n) is 15.6. The molecule has 1 N–H and O–H groups in total. The second-order valence-corrected chi connectivity index (χ2v) is 8.71. The molecule has 1 aromatic rings. The molecule has 26 heavy (non-hydrogen) atoms. The molecule has 4 bridgehead atoms. The highest BCUT2D eigenvalue weighted by atomic mass is 16.3. The molecule has 1 heterocycles. The van der Waals surface area contributed by atoms with Gasteiger partial charge in [0.25, 0.3) is 0 Å². The molecule has 0 unspecified atom stereocenters.